The van der Waals surface area contributed by atoms with Crippen molar-refractivity contribution in [2.75, 3.05) is 5.32 Å². The highest BCUT2D eigenvalue weighted by atomic mass is 19.1. The van der Waals surface area contributed by atoms with Gasteiger partial charge in [0.1, 0.15) is 11.6 Å². The Labute approximate surface area is 105 Å². The van der Waals surface area contributed by atoms with Crippen LogP contribution < -0.4 is 5.32 Å². The number of rotatable bonds is 3. The largest absolute Gasteiger partial charge is 0.381 e. The van der Waals surface area contributed by atoms with Gasteiger partial charge in [-0.25, -0.2) is 8.78 Å². The molecule has 0 bridgehead atoms. The van der Waals surface area contributed by atoms with Gasteiger partial charge < -0.3 is 9.88 Å². The van der Waals surface area contributed by atoms with Crippen LogP contribution in [0.15, 0.2) is 24.3 Å². The molecule has 1 aromatic heterocycles. The van der Waals surface area contributed by atoms with Gasteiger partial charge in [0.15, 0.2) is 0 Å². The molecular weight excluding hydrogens is 234 g/mol. The highest BCUT2D eigenvalue weighted by Gasteiger charge is 2.06. The van der Waals surface area contributed by atoms with Crippen LogP contribution in [0.1, 0.15) is 17.0 Å². The minimum atomic E-state index is -0.571. The number of hydrogen-bond acceptors (Lipinski definition) is 1. The molecule has 96 valence electrons. The molecule has 1 N–H and O–H groups in total. The van der Waals surface area contributed by atoms with Gasteiger partial charge in [0.2, 0.25) is 0 Å². The van der Waals surface area contributed by atoms with Gasteiger partial charge in [-0.05, 0) is 37.6 Å². The van der Waals surface area contributed by atoms with E-state index >= 15 is 0 Å². The summed E-state index contributed by atoms with van der Waals surface area (Å²) in [5.41, 5.74) is 3.89. The summed E-state index contributed by atoms with van der Waals surface area (Å²) in [6.45, 7) is 4.60. The van der Waals surface area contributed by atoms with Crippen molar-refractivity contribution < 1.29 is 8.78 Å². The Bertz CT molecular complexity index is 553. The van der Waals surface area contributed by atoms with Crippen LogP contribution >= 0.6 is 0 Å². The molecule has 1 heterocycles. The predicted octanol–water partition coefficient (Wildman–Crippen LogP) is 3.53. The fraction of sp³-hybridized carbons (Fsp3) is 0.286. The Hall–Kier alpha value is -1.84. The van der Waals surface area contributed by atoms with Gasteiger partial charge in [0.05, 0.1) is 0 Å². The SMILES string of the molecule is Cc1cc(CNc2cc(F)cc(F)c2)c(C)n1C. The summed E-state index contributed by atoms with van der Waals surface area (Å²) in [6, 6.07) is 5.50. The third-order valence-corrected chi connectivity index (χ3v) is 3.23. The maximum absolute atomic E-state index is 13.0. The van der Waals surface area contributed by atoms with E-state index in [4.69, 9.17) is 0 Å². The summed E-state index contributed by atoms with van der Waals surface area (Å²) in [4.78, 5) is 0. The third-order valence-electron chi connectivity index (χ3n) is 3.23. The summed E-state index contributed by atoms with van der Waals surface area (Å²) in [6.07, 6.45) is 0. The van der Waals surface area contributed by atoms with Crippen molar-refractivity contribution in [2.45, 2.75) is 20.4 Å². The van der Waals surface area contributed by atoms with Gasteiger partial charge in [-0.3, -0.25) is 0 Å². The first-order valence-electron chi connectivity index (χ1n) is 5.79. The molecule has 2 rings (SSSR count). The summed E-state index contributed by atoms with van der Waals surface area (Å²) in [5, 5.41) is 3.03. The number of nitrogens with one attached hydrogen (secondary N) is 1. The molecule has 4 heteroatoms. The molecule has 0 aliphatic rings. The molecular formula is C14H16F2N2. The number of aryl methyl sites for hydroxylation is 1. The molecule has 0 saturated carbocycles. The van der Waals surface area contributed by atoms with Crippen molar-refractivity contribution in [2.24, 2.45) is 7.05 Å². The number of hydrogen-bond donors (Lipinski definition) is 1. The normalized spacial score (nSPS) is 10.7. The Morgan fingerprint density at radius 3 is 2.17 bits per heavy atom. The van der Waals surface area contributed by atoms with Crippen molar-refractivity contribution in [3.05, 3.63) is 52.9 Å². The summed E-state index contributed by atoms with van der Waals surface area (Å²) in [5.74, 6) is -1.14. The fourth-order valence-electron chi connectivity index (χ4n) is 1.97. The Morgan fingerprint density at radius 2 is 1.67 bits per heavy atom. The molecule has 0 radical (unpaired) electrons. The molecule has 18 heavy (non-hydrogen) atoms. The van der Waals surface area contributed by atoms with Gasteiger partial charge in [0.25, 0.3) is 0 Å². The standard InChI is InChI=1S/C14H16F2N2/c1-9-4-11(10(2)18(9)3)8-17-14-6-12(15)5-13(16)7-14/h4-7,17H,8H2,1-3H3. The molecule has 0 atom stereocenters. The van der Waals surface area contributed by atoms with Gasteiger partial charge in [-0.15, -0.1) is 0 Å². The number of aromatic nitrogens is 1. The first-order chi connectivity index (χ1) is 8.47. The van der Waals surface area contributed by atoms with E-state index in [0.29, 0.717) is 12.2 Å². The molecule has 0 spiro atoms. The second kappa shape index (κ2) is 4.80. The van der Waals surface area contributed by atoms with Crippen LogP contribution in [-0.2, 0) is 13.6 Å². The van der Waals surface area contributed by atoms with Crippen LogP contribution in [0, 0.1) is 25.5 Å². The zero-order chi connectivity index (χ0) is 13.3. The monoisotopic (exact) mass is 250 g/mol. The van der Waals surface area contributed by atoms with E-state index in [1.54, 1.807) is 0 Å². The first kappa shape index (κ1) is 12.6. The van der Waals surface area contributed by atoms with Crippen LogP contribution in [0.5, 0.6) is 0 Å². The lowest BCUT2D eigenvalue weighted by Gasteiger charge is -2.07. The topological polar surface area (TPSA) is 17.0 Å². The first-order valence-corrected chi connectivity index (χ1v) is 5.79. The minimum absolute atomic E-state index is 0.452. The zero-order valence-corrected chi connectivity index (χ0v) is 10.7. The highest BCUT2D eigenvalue weighted by Crippen LogP contribution is 2.17. The number of benzene rings is 1. The van der Waals surface area contributed by atoms with Crippen LogP contribution in [0.25, 0.3) is 0 Å². The maximum Gasteiger partial charge on any atom is 0.128 e. The van der Waals surface area contributed by atoms with Crippen LogP contribution in [0.3, 0.4) is 0 Å². The summed E-state index contributed by atoms with van der Waals surface area (Å²) < 4.78 is 28.1. The van der Waals surface area contributed by atoms with Gasteiger partial charge in [0, 0.05) is 36.7 Å². The number of nitrogens with zero attached hydrogens (tertiary/aromatic N) is 1. The Kier molecular flexibility index (Phi) is 3.36. The third kappa shape index (κ3) is 2.53. The lowest BCUT2D eigenvalue weighted by Crippen LogP contribution is -2.02. The van der Waals surface area contributed by atoms with Crippen molar-refractivity contribution in [3.63, 3.8) is 0 Å². The molecule has 2 aromatic rings. The smallest absolute Gasteiger partial charge is 0.128 e. The lowest BCUT2D eigenvalue weighted by atomic mass is 10.2. The van der Waals surface area contributed by atoms with Gasteiger partial charge in [-0.1, -0.05) is 0 Å². The average Bonchev–Trinajstić information content (AvgIpc) is 2.53. The van der Waals surface area contributed by atoms with E-state index in [1.165, 1.54) is 12.1 Å². The Balaban J connectivity index is 2.13. The number of anilines is 1. The van der Waals surface area contributed by atoms with Crippen molar-refractivity contribution >= 4 is 5.69 Å². The van der Waals surface area contributed by atoms with E-state index in [-0.39, 0.29) is 0 Å². The second-order valence-electron chi connectivity index (χ2n) is 4.47. The highest BCUT2D eigenvalue weighted by molar-refractivity contribution is 5.45. The summed E-state index contributed by atoms with van der Waals surface area (Å²) in [7, 11) is 2.00. The molecule has 0 fully saturated rings. The molecule has 2 nitrogen and oxygen atoms in total. The van der Waals surface area contributed by atoms with E-state index in [2.05, 4.69) is 16.0 Å². The lowest BCUT2D eigenvalue weighted by molar-refractivity contribution is 0.584. The fourth-order valence-corrected chi connectivity index (χ4v) is 1.97. The van der Waals surface area contributed by atoms with E-state index in [1.807, 2.05) is 20.9 Å². The van der Waals surface area contributed by atoms with Gasteiger partial charge in [-0.2, -0.15) is 0 Å². The van der Waals surface area contributed by atoms with Crippen molar-refractivity contribution in [3.8, 4) is 0 Å². The average molecular weight is 250 g/mol. The quantitative estimate of drug-likeness (QED) is 0.881. The molecule has 1 aromatic carbocycles. The number of halogens is 2. The van der Waals surface area contributed by atoms with Crippen LogP contribution in [-0.4, -0.2) is 4.57 Å². The molecule has 0 unspecified atom stereocenters. The molecule has 0 saturated heterocycles. The van der Waals surface area contributed by atoms with Crippen molar-refractivity contribution in [1.29, 1.82) is 0 Å². The maximum atomic E-state index is 13.0. The molecule has 0 aliphatic heterocycles. The zero-order valence-electron chi connectivity index (χ0n) is 10.7. The van der Waals surface area contributed by atoms with Crippen LogP contribution in [0.2, 0.25) is 0 Å². The second-order valence-corrected chi connectivity index (χ2v) is 4.47. The summed E-state index contributed by atoms with van der Waals surface area (Å²) >= 11 is 0. The van der Waals surface area contributed by atoms with E-state index in [0.717, 1.165) is 23.0 Å². The van der Waals surface area contributed by atoms with E-state index < -0.39 is 11.6 Å². The predicted molar refractivity (Wildman–Crippen MR) is 68.6 cm³/mol. The van der Waals surface area contributed by atoms with Crippen molar-refractivity contribution in [1.82, 2.24) is 4.57 Å². The molecule has 0 amide bonds. The van der Waals surface area contributed by atoms with Gasteiger partial charge >= 0.3 is 0 Å². The Morgan fingerprint density at radius 1 is 1.06 bits per heavy atom. The van der Waals surface area contributed by atoms with E-state index in [9.17, 15) is 8.78 Å². The molecule has 0 aliphatic carbocycles. The van der Waals surface area contributed by atoms with Crippen LogP contribution in [0.4, 0.5) is 14.5 Å². The minimum Gasteiger partial charge on any atom is -0.381 e.